The van der Waals surface area contributed by atoms with Crippen molar-refractivity contribution >= 4 is 0 Å². The van der Waals surface area contributed by atoms with E-state index in [1.807, 2.05) is 0 Å². The summed E-state index contributed by atoms with van der Waals surface area (Å²) in [7, 11) is 0. The Morgan fingerprint density at radius 1 is 1.13 bits per heavy atom. The summed E-state index contributed by atoms with van der Waals surface area (Å²) >= 11 is 0. The number of nitrogens with zero attached hydrogens (tertiary/aromatic N) is 1. The maximum atomic E-state index is 6.22. The van der Waals surface area contributed by atoms with Gasteiger partial charge in [0.05, 0.1) is 0 Å². The molecule has 15 heavy (non-hydrogen) atoms. The summed E-state index contributed by atoms with van der Waals surface area (Å²) in [5, 5.41) is 0. The molecule has 0 bridgehead atoms. The van der Waals surface area contributed by atoms with Crippen molar-refractivity contribution in [1.82, 2.24) is 4.90 Å². The normalized spacial score (nSPS) is 36.2. The quantitative estimate of drug-likeness (QED) is 0.775. The molecule has 2 aliphatic rings. The Kier molecular flexibility index (Phi) is 3.36. The molecule has 2 heteroatoms. The summed E-state index contributed by atoms with van der Waals surface area (Å²) in [5.74, 6) is 0. The van der Waals surface area contributed by atoms with Crippen LogP contribution in [0.2, 0.25) is 0 Å². The first kappa shape index (κ1) is 11.4. The average Bonchev–Trinajstić information content (AvgIpc) is 2.20. The Bertz CT molecular complexity index is 203. The zero-order valence-electron chi connectivity index (χ0n) is 10.3. The van der Waals surface area contributed by atoms with Gasteiger partial charge in [-0.05, 0) is 31.1 Å². The van der Waals surface area contributed by atoms with Gasteiger partial charge in [-0.25, -0.2) is 0 Å². The van der Waals surface area contributed by atoms with Crippen LogP contribution in [0.5, 0.6) is 0 Å². The molecule has 2 unspecified atom stereocenters. The molecule has 0 aromatic rings. The molecule has 0 radical (unpaired) electrons. The van der Waals surface area contributed by atoms with Gasteiger partial charge in [-0.15, -0.1) is 0 Å². The van der Waals surface area contributed by atoms with Crippen molar-refractivity contribution in [1.29, 1.82) is 0 Å². The van der Waals surface area contributed by atoms with E-state index in [9.17, 15) is 0 Å². The van der Waals surface area contributed by atoms with Gasteiger partial charge in [0.2, 0.25) is 0 Å². The second-order valence-electron chi connectivity index (χ2n) is 5.63. The van der Waals surface area contributed by atoms with Crippen LogP contribution in [0.15, 0.2) is 0 Å². The lowest BCUT2D eigenvalue weighted by Crippen LogP contribution is -2.63. The molecule has 88 valence electrons. The van der Waals surface area contributed by atoms with Crippen LogP contribution >= 0.6 is 0 Å². The molecule has 0 spiro atoms. The third-order valence-corrected chi connectivity index (χ3v) is 4.83. The topological polar surface area (TPSA) is 29.3 Å². The van der Waals surface area contributed by atoms with E-state index in [-0.39, 0.29) is 0 Å². The average molecular weight is 210 g/mol. The van der Waals surface area contributed by atoms with E-state index in [1.54, 1.807) is 0 Å². The maximum Gasteiger partial charge on any atom is 0.0247 e. The summed E-state index contributed by atoms with van der Waals surface area (Å²) in [6.07, 6.45) is 7.99. The van der Waals surface area contributed by atoms with E-state index in [1.165, 1.54) is 51.6 Å². The van der Waals surface area contributed by atoms with Crippen molar-refractivity contribution in [3.8, 4) is 0 Å². The molecule has 1 heterocycles. The van der Waals surface area contributed by atoms with E-state index in [0.29, 0.717) is 17.5 Å². The number of nitrogens with two attached hydrogens (primary N) is 1. The van der Waals surface area contributed by atoms with Crippen LogP contribution in [0.25, 0.3) is 0 Å². The van der Waals surface area contributed by atoms with Crippen molar-refractivity contribution in [2.75, 3.05) is 13.1 Å². The van der Waals surface area contributed by atoms with Gasteiger partial charge in [0.25, 0.3) is 0 Å². The summed E-state index contributed by atoms with van der Waals surface area (Å²) in [4.78, 5) is 2.65. The maximum absolute atomic E-state index is 6.22. The minimum Gasteiger partial charge on any atom is -0.326 e. The molecule has 1 aliphatic heterocycles. The predicted octanol–water partition coefficient (Wildman–Crippen LogP) is 2.38. The first-order valence-electron chi connectivity index (χ1n) is 6.70. The Hall–Kier alpha value is -0.0800. The lowest BCUT2D eigenvalue weighted by molar-refractivity contribution is -0.0513. The SMILES string of the molecule is CCC1(CC)CN(C2CCCCC2N)C1. The fourth-order valence-corrected chi connectivity index (χ4v) is 3.34. The molecule has 2 fully saturated rings. The third-order valence-electron chi connectivity index (χ3n) is 4.83. The highest BCUT2D eigenvalue weighted by atomic mass is 15.2. The van der Waals surface area contributed by atoms with Crippen LogP contribution in [0.4, 0.5) is 0 Å². The second kappa shape index (κ2) is 4.42. The standard InChI is InChI=1S/C13H26N2/c1-3-13(4-2)9-15(10-13)12-8-6-5-7-11(12)14/h11-12H,3-10,14H2,1-2H3. The molecule has 2 N–H and O–H groups in total. The minimum atomic E-state index is 0.450. The zero-order chi connectivity index (χ0) is 10.9. The van der Waals surface area contributed by atoms with Crippen molar-refractivity contribution in [2.24, 2.45) is 11.1 Å². The Morgan fingerprint density at radius 3 is 2.27 bits per heavy atom. The van der Waals surface area contributed by atoms with Gasteiger partial charge < -0.3 is 5.73 Å². The van der Waals surface area contributed by atoms with Gasteiger partial charge in [-0.3, -0.25) is 4.90 Å². The van der Waals surface area contributed by atoms with Crippen LogP contribution < -0.4 is 5.73 Å². The molecular formula is C13H26N2. The van der Waals surface area contributed by atoms with Crippen LogP contribution in [0.1, 0.15) is 52.4 Å². The number of likely N-dealkylation sites (tertiary alicyclic amines) is 1. The molecule has 0 aromatic carbocycles. The summed E-state index contributed by atoms with van der Waals surface area (Å²) < 4.78 is 0. The first-order valence-corrected chi connectivity index (χ1v) is 6.70. The molecule has 2 atom stereocenters. The van der Waals surface area contributed by atoms with Crippen molar-refractivity contribution in [2.45, 2.75) is 64.5 Å². The number of hydrogen-bond acceptors (Lipinski definition) is 2. The number of rotatable bonds is 3. The van der Waals surface area contributed by atoms with E-state index in [4.69, 9.17) is 5.73 Å². The predicted molar refractivity (Wildman–Crippen MR) is 64.8 cm³/mol. The molecule has 2 rings (SSSR count). The largest absolute Gasteiger partial charge is 0.326 e. The molecule has 0 aromatic heterocycles. The van der Waals surface area contributed by atoms with Crippen molar-refractivity contribution in [3.63, 3.8) is 0 Å². The lowest BCUT2D eigenvalue weighted by Gasteiger charge is -2.55. The second-order valence-corrected chi connectivity index (χ2v) is 5.63. The molecule has 2 nitrogen and oxygen atoms in total. The van der Waals surface area contributed by atoms with E-state index < -0.39 is 0 Å². The van der Waals surface area contributed by atoms with Crippen LogP contribution in [0.3, 0.4) is 0 Å². The van der Waals surface area contributed by atoms with Gasteiger partial charge in [-0.2, -0.15) is 0 Å². The summed E-state index contributed by atoms with van der Waals surface area (Å²) in [6.45, 7) is 7.28. The Labute approximate surface area is 94.2 Å². The van der Waals surface area contributed by atoms with E-state index in [2.05, 4.69) is 18.7 Å². The molecule has 1 saturated heterocycles. The highest BCUT2D eigenvalue weighted by Gasteiger charge is 2.44. The van der Waals surface area contributed by atoms with Crippen molar-refractivity contribution in [3.05, 3.63) is 0 Å². The monoisotopic (exact) mass is 210 g/mol. The fourth-order valence-electron chi connectivity index (χ4n) is 3.34. The molecule has 0 amide bonds. The Morgan fingerprint density at radius 2 is 1.73 bits per heavy atom. The zero-order valence-corrected chi connectivity index (χ0v) is 10.3. The molecule has 1 saturated carbocycles. The summed E-state index contributed by atoms with van der Waals surface area (Å²) in [6, 6.07) is 1.15. The van der Waals surface area contributed by atoms with Crippen LogP contribution in [0, 0.1) is 5.41 Å². The van der Waals surface area contributed by atoms with Crippen LogP contribution in [-0.2, 0) is 0 Å². The van der Waals surface area contributed by atoms with E-state index >= 15 is 0 Å². The number of hydrogen-bond donors (Lipinski definition) is 1. The van der Waals surface area contributed by atoms with Crippen molar-refractivity contribution < 1.29 is 0 Å². The van der Waals surface area contributed by atoms with Gasteiger partial charge in [-0.1, -0.05) is 26.7 Å². The Balaban J connectivity index is 1.87. The highest BCUT2D eigenvalue weighted by molar-refractivity contribution is 4.99. The fraction of sp³-hybridized carbons (Fsp3) is 1.00. The van der Waals surface area contributed by atoms with Gasteiger partial charge in [0.15, 0.2) is 0 Å². The summed E-state index contributed by atoms with van der Waals surface area (Å²) in [5.41, 5.74) is 6.86. The van der Waals surface area contributed by atoms with Gasteiger partial charge >= 0.3 is 0 Å². The van der Waals surface area contributed by atoms with Gasteiger partial charge in [0, 0.05) is 25.2 Å². The minimum absolute atomic E-state index is 0.450. The molecular weight excluding hydrogens is 184 g/mol. The van der Waals surface area contributed by atoms with Gasteiger partial charge in [0.1, 0.15) is 0 Å². The first-order chi connectivity index (χ1) is 7.21. The third kappa shape index (κ3) is 2.07. The smallest absolute Gasteiger partial charge is 0.0247 e. The highest BCUT2D eigenvalue weighted by Crippen LogP contribution is 2.40. The lowest BCUT2D eigenvalue weighted by atomic mass is 9.73. The molecule has 1 aliphatic carbocycles. The van der Waals surface area contributed by atoms with E-state index in [0.717, 1.165) is 0 Å². The van der Waals surface area contributed by atoms with Crippen LogP contribution in [-0.4, -0.2) is 30.1 Å².